The average Bonchev–Trinajstić information content (AvgIpc) is 2.35. The van der Waals surface area contributed by atoms with Crippen molar-refractivity contribution in [1.29, 1.82) is 0 Å². The van der Waals surface area contributed by atoms with Crippen molar-refractivity contribution in [3.63, 3.8) is 0 Å². The Morgan fingerprint density at radius 1 is 1.39 bits per heavy atom. The summed E-state index contributed by atoms with van der Waals surface area (Å²) in [5.74, 6) is -1.06. The molecule has 98 valence electrons. The maximum Gasteiger partial charge on any atom is 0.325 e. The van der Waals surface area contributed by atoms with E-state index >= 15 is 0 Å². The fourth-order valence-electron chi connectivity index (χ4n) is 1.42. The van der Waals surface area contributed by atoms with Gasteiger partial charge in [-0.25, -0.2) is 0 Å². The molecule has 0 heterocycles. The molecule has 8 nitrogen and oxygen atoms in total. The number of aliphatic carboxylic acids is 1. The molecule has 0 aliphatic heterocycles. The summed E-state index contributed by atoms with van der Waals surface area (Å²) in [5.41, 5.74) is 4.81. The molecule has 0 radical (unpaired) electrons. The van der Waals surface area contributed by atoms with Crippen LogP contribution in [0.4, 0.5) is 5.69 Å². The van der Waals surface area contributed by atoms with E-state index in [9.17, 15) is 14.9 Å². The van der Waals surface area contributed by atoms with Gasteiger partial charge in [0.05, 0.1) is 30.8 Å². The number of nitro groups is 1. The van der Waals surface area contributed by atoms with Gasteiger partial charge >= 0.3 is 5.97 Å². The Kier molecular flexibility index (Phi) is 4.05. The Bertz CT molecular complexity index is 488. The topological polar surface area (TPSA) is 125 Å². The number of nitro benzene ring substituents is 1. The number of methoxy groups -OCH3 is 2. The smallest absolute Gasteiger partial charge is 0.325 e. The van der Waals surface area contributed by atoms with E-state index in [1.165, 1.54) is 20.3 Å². The van der Waals surface area contributed by atoms with Crippen LogP contribution in [-0.4, -0.2) is 30.2 Å². The molecule has 0 saturated heterocycles. The summed E-state index contributed by atoms with van der Waals surface area (Å²) in [6.07, 6.45) is 0. The van der Waals surface area contributed by atoms with Crippen LogP contribution in [-0.2, 0) is 4.79 Å². The third kappa shape index (κ3) is 2.48. The minimum atomic E-state index is -1.51. The van der Waals surface area contributed by atoms with Gasteiger partial charge in [-0.05, 0) is 6.07 Å². The molecule has 0 saturated carbocycles. The highest BCUT2D eigenvalue weighted by molar-refractivity contribution is 5.78. The zero-order chi connectivity index (χ0) is 13.9. The number of nitrogens with zero attached hydrogens (tertiary/aromatic N) is 1. The number of nitrogens with two attached hydrogens (primary N) is 1. The largest absolute Gasteiger partial charge is 0.493 e. The van der Waals surface area contributed by atoms with Gasteiger partial charge in [-0.2, -0.15) is 0 Å². The fraction of sp³-hybridized carbons (Fsp3) is 0.300. The highest BCUT2D eigenvalue weighted by atomic mass is 16.6. The lowest BCUT2D eigenvalue weighted by Gasteiger charge is -2.12. The number of hydrogen-bond acceptors (Lipinski definition) is 6. The van der Waals surface area contributed by atoms with Crippen LogP contribution >= 0.6 is 0 Å². The molecule has 0 spiro atoms. The summed E-state index contributed by atoms with van der Waals surface area (Å²) >= 11 is 0. The van der Waals surface area contributed by atoms with Crippen molar-refractivity contribution in [2.75, 3.05) is 14.2 Å². The Morgan fingerprint density at radius 3 is 2.28 bits per heavy atom. The van der Waals surface area contributed by atoms with E-state index in [0.29, 0.717) is 0 Å². The molecule has 1 aromatic rings. The molecule has 1 rings (SSSR count). The molecule has 1 unspecified atom stereocenters. The number of hydrogen-bond donors (Lipinski definition) is 2. The second kappa shape index (κ2) is 5.32. The first kappa shape index (κ1) is 13.7. The number of rotatable bonds is 5. The van der Waals surface area contributed by atoms with Crippen molar-refractivity contribution in [1.82, 2.24) is 0 Å². The molecule has 0 aromatic heterocycles. The van der Waals surface area contributed by atoms with Crippen molar-refractivity contribution < 1.29 is 24.3 Å². The standard InChI is InChI=1S/C10H12N2O6/c1-17-7-3-5(9(11)10(13)14)6(12(15)16)4-8(7)18-2/h3-4,9H,11H2,1-2H3,(H,13,14). The van der Waals surface area contributed by atoms with Crippen molar-refractivity contribution in [3.05, 3.63) is 27.8 Å². The van der Waals surface area contributed by atoms with E-state index in [0.717, 1.165) is 6.07 Å². The molecule has 0 aliphatic carbocycles. The second-order valence-electron chi connectivity index (χ2n) is 3.34. The van der Waals surface area contributed by atoms with E-state index < -0.39 is 22.6 Å². The molecule has 0 bridgehead atoms. The maximum absolute atomic E-state index is 10.9. The molecular formula is C10H12N2O6. The predicted octanol–water partition coefficient (Wildman–Crippen LogP) is 0.696. The Hall–Kier alpha value is -2.35. The van der Waals surface area contributed by atoms with Gasteiger partial charge < -0.3 is 20.3 Å². The summed E-state index contributed by atoms with van der Waals surface area (Å²) < 4.78 is 9.85. The monoisotopic (exact) mass is 256 g/mol. The van der Waals surface area contributed by atoms with E-state index in [-0.39, 0.29) is 17.1 Å². The maximum atomic E-state index is 10.9. The fourth-order valence-corrected chi connectivity index (χ4v) is 1.42. The van der Waals surface area contributed by atoms with E-state index in [2.05, 4.69) is 0 Å². The number of carboxylic acids is 1. The minimum absolute atomic E-state index is 0.130. The molecule has 18 heavy (non-hydrogen) atoms. The highest BCUT2D eigenvalue weighted by Crippen LogP contribution is 2.36. The number of ether oxygens (including phenoxy) is 2. The Morgan fingerprint density at radius 2 is 1.89 bits per heavy atom. The van der Waals surface area contributed by atoms with Crippen LogP contribution in [0.15, 0.2) is 12.1 Å². The summed E-state index contributed by atoms with van der Waals surface area (Å²) in [7, 11) is 2.65. The molecule has 8 heteroatoms. The predicted molar refractivity (Wildman–Crippen MR) is 60.8 cm³/mol. The highest BCUT2D eigenvalue weighted by Gasteiger charge is 2.27. The van der Waals surface area contributed by atoms with Crippen molar-refractivity contribution >= 4 is 11.7 Å². The van der Waals surface area contributed by atoms with Crippen LogP contribution < -0.4 is 15.2 Å². The SMILES string of the molecule is COc1cc(C(N)C(=O)O)c([N+](=O)[O-])cc1OC. The molecular weight excluding hydrogens is 244 g/mol. The molecule has 3 N–H and O–H groups in total. The van der Waals surface area contributed by atoms with E-state index in [4.69, 9.17) is 20.3 Å². The van der Waals surface area contributed by atoms with Crippen LogP contribution in [0, 0.1) is 10.1 Å². The van der Waals surface area contributed by atoms with Crippen LogP contribution in [0.5, 0.6) is 11.5 Å². The van der Waals surface area contributed by atoms with Gasteiger partial charge in [0.1, 0.15) is 6.04 Å². The van der Waals surface area contributed by atoms with Gasteiger partial charge in [-0.1, -0.05) is 0 Å². The normalized spacial score (nSPS) is 11.7. The summed E-state index contributed by atoms with van der Waals surface area (Å²) in [5, 5.41) is 19.7. The third-order valence-electron chi connectivity index (χ3n) is 2.33. The number of benzene rings is 1. The number of carbonyl (C=O) groups is 1. The van der Waals surface area contributed by atoms with E-state index in [1.807, 2.05) is 0 Å². The van der Waals surface area contributed by atoms with Crippen molar-refractivity contribution in [3.8, 4) is 11.5 Å². The molecule has 1 aromatic carbocycles. The minimum Gasteiger partial charge on any atom is -0.493 e. The van der Waals surface area contributed by atoms with Gasteiger partial charge in [0.15, 0.2) is 11.5 Å². The number of carboxylic acid groups (broad SMARTS) is 1. The van der Waals surface area contributed by atoms with Crippen molar-refractivity contribution in [2.45, 2.75) is 6.04 Å². The molecule has 0 amide bonds. The van der Waals surface area contributed by atoms with Gasteiger partial charge in [0.2, 0.25) is 0 Å². The second-order valence-corrected chi connectivity index (χ2v) is 3.34. The van der Waals surface area contributed by atoms with E-state index in [1.54, 1.807) is 0 Å². The first-order chi connectivity index (χ1) is 8.42. The van der Waals surface area contributed by atoms with Crippen molar-refractivity contribution in [2.24, 2.45) is 5.73 Å². The molecule has 0 aliphatic rings. The zero-order valence-corrected chi connectivity index (χ0v) is 9.75. The lowest BCUT2D eigenvalue weighted by molar-refractivity contribution is -0.385. The summed E-state index contributed by atoms with van der Waals surface area (Å²) in [6, 6.07) is 0.761. The average molecular weight is 256 g/mol. The molecule has 0 fully saturated rings. The molecule has 1 atom stereocenters. The zero-order valence-electron chi connectivity index (χ0n) is 9.75. The van der Waals surface area contributed by atoms with Crippen LogP contribution in [0.1, 0.15) is 11.6 Å². The van der Waals surface area contributed by atoms with Gasteiger partial charge in [0.25, 0.3) is 5.69 Å². The van der Waals surface area contributed by atoms with Crippen LogP contribution in [0.2, 0.25) is 0 Å². The van der Waals surface area contributed by atoms with Crippen LogP contribution in [0.25, 0.3) is 0 Å². The Labute approximate surface area is 102 Å². The summed E-state index contributed by atoms with van der Waals surface area (Å²) in [6.45, 7) is 0. The summed E-state index contributed by atoms with van der Waals surface area (Å²) in [4.78, 5) is 21.0. The van der Waals surface area contributed by atoms with Gasteiger partial charge in [-0.15, -0.1) is 0 Å². The third-order valence-corrected chi connectivity index (χ3v) is 2.33. The Balaban J connectivity index is 3.47. The lowest BCUT2D eigenvalue weighted by atomic mass is 10.0. The van der Waals surface area contributed by atoms with Gasteiger partial charge in [0, 0.05) is 0 Å². The van der Waals surface area contributed by atoms with Crippen LogP contribution in [0.3, 0.4) is 0 Å². The van der Waals surface area contributed by atoms with Gasteiger partial charge in [-0.3, -0.25) is 14.9 Å². The quantitative estimate of drug-likeness (QED) is 0.586. The first-order valence-electron chi connectivity index (χ1n) is 4.81. The first-order valence-corrected chi connectivity index (χ1v) is 4.81. The lowest BCUT2D eigenvalue weighted by Crippen LogP contribution is -2.21.